The second-order valence-corrected chi connectivity index (χ2v) is 6.54. The first kappa shape index (κ1) is 16.7. The van der Waals surface area contributed by atoms with E-state index >= 15 is 0 Å². The van der Waals surface area contributed by atoms with Gasteiger partial charge in [0.25, 0.3) is 0 Å². The highest BCUT2D eigenvalue weighted by molar-refractivity contribution is 5.88. The number of piperidine rings is 1. The Balaban J connectivity index is 1.69. The van der Waals surface area contributed by atoms with Crippen LogP contribution in [0.2, 0.25) is 0 Å². The minimum absolute atomic E-state index is 0.377. The van der Waals surface area contributed by atoms with Crippen LogP contribution in [0.4, 0.5) is 10.2 Å². The van der Waals surface area contributed by atoms with Crippen LogP contribution in [-0.4, -0.2) is 39.7 Å². The number of pyridine rings is 1. The number of phenolic OH excluding ortho intramolecular Hbond substituents is 1. The molecule has 1 aromatic carbocycles. The molecule has 0 bridgehead atoms. The lowest BCUT2D eigenvalue weighted by atomic mass is 10.00. The molecule has 1 aliphatic rings. The van der Waals surface area contributed by atoms with Gasteiger partial charge in [-0.05, 0) is 56.1 Å². The van der Waals surface area contributed by atoms with Crippen molar-refractivity contribution in [1.29, 1.82) is 0 Å². The first-order valence-corrected chi connectivity index (χ1v) is 8.76. The van der Waals surface area contributed by atoms with Crippen molar-refractivity contribution in [3.63, 3.8) is 0 Å². The molecule has 6 nitrogen and oxygen atoms in total. The summed E-state index contributed by atoms with van der Waals surface area (Å²) in [6.07, 6.45) is 5.61. The van der Waals surface area contributed by atoms with Crippen LogP contribution >= 0.6 is 0 Å². The zero-order valence-corrected chi connectivity index (χ0v) is 14.2. The van der Waals surface area contributed by atoms with Gasteiger partial charge in [0, 0.05) is 24.5 Å². The molecular weight excluding hydrogens is 333 g/mol. The van der Waals surface area contributed by atoms with Gasteiger partial charge < -0.3 is 15.7 Å². The van der Waals surface area contributed by atoms with E-state index in [1.54, 1.807) is 24.5 Å². The lowest BCUT2D eigenvalue weighted by molar-refractivity contribution is 0.392. The number of aromatic nitrogens is 3. The summed E-state index contributed by atoms with van der Waals surface area (Å²) in [7, 11) is 0. The maximum atomic E-state index is 13.7. The first-order valence-electron chi connectivity index (χ1n) is 8.76. The molecule has 0 spiro atoms. The van der Waals surface area contributed by atoms with E-state index in [-0.39, 0.29) is 5.75 Å². The van der Waals surface area contributed by atoms with Crippen molar-refractivity contribution in [2.75, 3.05) is 25.0 Å². The molecule has 0 radical (unpaired) electrons. The summed E-state index contributed by atoms with van der Waals surface area (Å²) in [6.45, 7) is 2.85. The number of phenols is 1. The molecule has 1 aliphatic heterocycles. The van der Waals surface area contributed by atoms with Crippen LogP contribution in [0.25, 0.3) is 22.3 Å². The van der Waals surface area contributed by atoms with E-state index in [4.69, 9.17) is 0 Å². The van der Waals surface area contributed by atoms with Crippen molar-refractivity contribution < 1.29 is 9.50 Å². The van der Waals surface area contributed by atoms with Crippen molar-refractivity contribution in [2.24, 2.45) is 5.92 Å². The van der Waals surface area contributed by atoms with E-state index in [2.05, 4.69) is 25.6 Å². The standard InChI is InChI=1S/C19H20FN5O/c20-14-8-13(3-4-17(14)26)15-9-16-18(23-7-6-22-16)19(25-15)24-11-12-2-1-5-21-10-12/h3-4,6-9,12,21,26H,1-2,5,10-11H2,(H,24,25)/t12-/m0/s1. The second kappa shape index (κ2) is 7.21. The minimum Gasteiger partial charge on any atom is -0.505 e. The highest BCUT2D eigenvalue weighted by Crippen LogP contribution is 2.28. The van der Waals surface area contributed by atoms with Gasteiger partial charge in [-0.15, -0.1) is 0 Å². The van der Waals surface area contributed by atoms with Crippen LogP contribution in [0.15, 0.2) is 36.7 Å². The predicted octanol–water partition coefficient (Wildman–Crippen LogP) is 2.95. The molecule has 3 N–H and O–H groups in total. The molecule has 1 saturated heterocycles. The number of fused-ring (bicyclic) bond motifs is 1. The second-order valence-electron chi connectivity index (χ2n) is 6.54. The zero-order chi connectivity index (χ0) is 17.9. The molecule has 0 saturated carbocycles. The van der Waals surface area contributed by atoms with Crippen molar-refractivity contribution in [2.45, 2.75) is 12.8 Å². The van der Waals surface area contributed by atoms with E-state index in [0.717, 1.165) is 19.6 Å². The monoisotopic (exact) mass is 353 g/mol. The summed E-state index contributed by atoms with van der Waals surface area (Å²) in [4.78, 5) is 13.4. The molecule has 4 rings (SSSR count). The van der Waals surface area contributed by atoms with Crippen LogP contribution in [0.3, 0.4) is 0 Å². The topological polar surface area (TPSA) is 83.0 Å². The number of anilines is 1. The van der Waals surface area contributed by atoms with Crippen molar-refractivity contribution in [3.05, 3.63) is 42.5 Å². The molecule has 1 atom stereocenters. The Bertz CT molecular complexity index is 927. The number of hydrogen-bond donors (Lipinski definition) is 3. The average Bonchev–Trinajstić information content (AvgIpc) is 2.69. The van der Waals surface area contributed by atoms with Crippen LogP contribution in [0, 0.1) is 11.7 Å². The van der Waals surface area contributed by atoms with Gasteiger partial charge in [-0.3, -0.25) is 4.98 Å². The number of aromatic hydroxyl groups is 1. The Morgan fingerprint density at radius 3 is 2.92 bits per heavy atom. The number of rotatable bonds is 4. The third-order valence-corrected chi connectivity index (χ3v) is 4.66. The van der Waals surface area contributed by atoms with Gasteiger partial charge in [-0.2, -0.15) is 0 Å². The molecule has 7 heteroatoms. The third-order valence-electron chi connectivity index (χ3n) is 4.66. The molecule has 3 heterocycles. The van der Waals surface area contributed by atoms with Crippen LogP contribution in [-0.2, 0) is 0 Å². The summed E-state index contributed by atoms with van der Waals surface area (Å²) in [5.41, 5.74) is 2.55. The summed E-state index contributed by atoms with van der Waals surface area (Å²) in [5.74, 6) is 0.125. The molecular formula is C19H20FN5O. The fourth-order valence-electron chi connectivity index (χ4n) is 3.25. The maximum Gasteiger partial charge on any atom is 0.165 e. The molecule has 0 aliphatic carbocycles. The van der Waals surface area contributed by atoms with Gasteiger partial charge in [0.05, 0.1) is 11.2 Å². The normalized spacial score (nSPS) is 17.3. The fraction of sp³-hybridized carbons (Fsp3) is 0.316. The van der Waals surface area contributed by atoms with Crippen LogP contribution in [0.5, 0.6) is 5.75 Å². The number of nitrogens with one attached hydrogen (secondary N) is 2. The number of halogens is 1. The fourth-order valence-corrected chi connectivity index (χ4v) is 3.25. The Morgan fingerprint density at radius 1 is 1.23 bits per heavy atom. The summed E-state index contributed by atoms with van der Waals surface area (Å²) >= 11 is 0. The highest BCUT2D eigenvalue weighted by atomic mass is 19.1. The smallest absolute Gasteiger partial charge is 0.165 e. The van der Waals surface area contributed by atoms with E-state index in [0.29, 0.717) is 34.0 Å². The third kappa shape index (κ3) is 3.43. The minimum atomic E-state index is -0.675. The Morgan fingerprint density at radius 2 is 2.12 bits per heavy atom. The molecule has 26 heavy (non-hydrogen) atoms. The quantitative estimate of drug-likeness (QED) is 0.669. The molecule has 0 unspecified atom stereocenters. The predicted molar refractivity (Wildman–Crippen MR) is 98.5 cm³/mol. The van der Waals surface area contributed by atoms with Gasteiger partial charge in [0.2, 0.25) is 0 Å². The van der Waals surface area contributed by atoms with Gasteiger partial charge >= 0.3 is 0 Å². The zero-order valence-electron chi connectivity index (χ0n) is 14.2. The number of nitrogens with zero attached hydrogens (tertiary/aromatic N) is 3. The summed E-state index contributed by atoms with van der Waals surface area (Å²) in [5, 5.41) is 16.2. The number of benzene rings is 1. The van der Waals surface area contributed by atoms with Gasteiger partial charge in [-0.25, -0.2) is 14.4 Å². The largest absolute Gasteiger partial charge is 0.505 e. The van der Waals surface area contributed by atoms with Crippen molar-refractivity contribution in [3.8, 4) is 17.0 Å². The summed E-state index contributed by atoms with van der Waals surface area (Å²) in [6, 6.07) is 6.02. The Hall–Kier alpha value is -2.80. The Labute approximate surface area is 150 Å². The van der Waals surface area contributed by atoms with Crippen LogP contribution < -0.4 is 10.6 Å². The molecule has 0 amide bonds. The van der Waals surface area contributed by atoms with E-state index in [1.165, 1.54) is 25.0 Å². The molecule has 2 aromatic heterocycles. The Kier molecular flexibility index (Phi) is 4.62. The van der Waals surface area contributed by atoms with Gasteiger partial charge in [0.1, 0.15) is 5.52 Å². The van der Waals surface area contributed by atoms with E-state index in [9.17, 15) is 9.50 Å². The highest BCUT2D eigenvalue weighted by Gasteiger charge is 2.15. The van der Waals surface area contributed by atoms with Crippen LogP contribution in [0.1, 0.15) is 12.8 Å². The van der Waals surface area contributed by atoms with E-state index < -0.39 is 5.82 Å². The van der Waals surface area contributed by atoms with Crippen molar-refractivity contribution in [1.82, 2.24) is 20.3 Å². The SMILES string of the molecule is Oc1ccc(-c2cc3nccnc3c(NC[C@H]3CCCNC3)n2)cc1F. The van der Waals surface area contributed by atoms with Gasteiger partial charge in [0.15, 0.2) is 17.4 Å². The lowest BCUT2D eigenvalue weighted by Crippen LogP contribution is -2.33. The molecule has 134 valence electrons. The first-order chi connectivity index (χ1) is 12.7. The van der Waals surface area contributed by atoms with Crippen molar-refractivity contribution >= 4 is 16.9 Å². The maximum absolute atomic E-state index is 13.7. The lowest BCUT2D eigenvalue weighted by Gasteiger charge is -2.23. The molecule has 3 aromatic rings. The summed E-state index contributed by atoms with van der Waals surface area (Å²) < 4.78 is 13.7. The van der Waals surface area contributed by atoms with Gasteiger partial charge in [-0.1, -0.05) is 0 Å². The molecule has 1 fully saturated rings. The number of hydrogen-bond acceptors (Lipinski definition) is 6. The average molecular weight is 353 g/mol. The van der Waals surface area contributed by atoms with E-state index in [1.807, 2.05) is 0 Å².